The molecule has 1 saturated heterocycles. The Bertz CT molecular complexity index is 1180. The zero-order valence-electron chi connectivity index (χ0n) is 18.1. The summed E-state index contributed by atoms with van der Waals surface area (Å²) in [6.07, 6.45) is 9.29. The second kappa shape index (κ2) is 9.16. The summed E-state index contributed by atoms with van der Waals surface area (Å²) in [5, 5.41) is 8.25. The van der Waals surface area contributed by atoms with Crippen molar-refractivity contribution in [3.8, 4) is 0 Å². The molecule has 11 heteroatoms. The van der Waals surface area contributed by atoms with Crippen molar-refractivity contribution < 1.29 is 13.8 Å². The lowest BCUT2D eigenvalue weighted by atomic mass is 10.00. The number of amides is 2. The van der Waals surface area contributed by atoms with Crippen LogP contribution in [0.2, 0.25) is 0 Å². The van der Waals surface area contributed by atoms with Crippen LogP contribution in [0.1, 0.15) is 16.9 Å². The van der Waals surface area contributed by atoms with Crippen LogP contribution in [-0.2, 0) is 15.6 Å². The number of aromatic nitrogens is 2. The fourth-order valence-corrected chi connectivity index (χ4v) is 5.73. The van der Waals surface area contributed by atoms with Gasteiger partial charge in [0, 0.05) is 60.4 Å². The molecule has 0 saturated carbocycles. The molecule has 172 valence electrons. The minimum Gasteiger partial charge on any atom is -0.367 e. The van der Waals surface area contributed by atoms with Gasteiger partial charge in [-0.15, -0.1) is 11.3 Å². The monoisotopic (exact) mass is 484 g/mol. The number of hydrogen-bond acceptors (Lipinski definition) is 8. The standard InChI is InChI=1S/C22H24N6O3S2/c1-33(31)15-3-2-14-12-28(21(30)16(14)10-15)22-26-18(13-32-22)20(29)25-17-11-24-5-4-19(17)27-8-6-23-7-9-27/h2-5,11,13,15,23H,6-10,12H2,1H3,(H,25,29). The predicted octanol–water partition coefficient (Wildman–Crippen LogP) is 1.55. The fraction of sp³-hybridized carbons (Fsp3) is 0.364. The molecular weight excluding hydrogens is 460 g/mol. The summed E-state index contributed by atoms with van der Waals surface area (Å²) >= 11 is 1.26. The van der Waals surface area contributed by atoms with Crippen LogP contribution < -0.4 is 20.4 Å². The Balaban J connectivity index is 1.29. The summed E-state index contributed by atoms with van der Waals surface area (Å²) in [6, 6.07) is 1.90. The summed E-state index contributed by atoms with van der Waals surface area (Å²) in [5.41, 5.74) is 3.44. The van der Waals surface area contributed by atoms with Crippen LogP contribution in [-0.4, -0.2) is 70.2 Å². The minimum atomic E-state index is -1.03. The van der Waals surface area contributed by atoms with Gasteiger partial charge in [0.2, 0.25) is 0 Å². The average molecular weight is 485 g/mol. The maximum atomic E-state index is 13.0. The number of piperazine rings is 1. The molecule has 5 rings (SSSR count). The number of carbonyl (C=O) groups is 2. The van der Waals surface area contributed by atoms with E-state index in [9.17, 15) is 13.8 Å². The molecular formula is C22H24N6O3S2. The van der Waals surface area contributed by atoms with Gasteiger partial charge < -0.3 is 15.5 Å². The first kappa shape index (κ1) is 21.9. The molecule has 1 fully saturated rings. The van der Waals surface area contributed by atoms with Gasteiger partial charge in [0.05, 0.1) is 29.4 Å². The molecule has 0 aromatic carbocycles. The number of nitrogens with zero attached hydrogens (tertiary/aromatic N) is 4. The zero-order chi connectivity index (χ0) is 22.9. The minimum absolute atomic E-state index is 0.126. The highest BCUT2D eigenvalue weighted by molar-refractivity contribution is 7.85. The van der Waals surface area contributed by atoms with Crippen LogP contribution in [0.25, 0.3) is 0 Å². The van der Waals surface area contributed by atoms with Crippen LogP contribution in [0.4, 0.5) is 16.5 Å². The van der Waals surface area contributed by atoms with Crippen molar-refractivity contribution >= 4 is 50.5 Å². The second-order valence-corrected chi connectivity index (χ2v) is 10.5. The quantitative estimate of drug-likeness (QED) is 0.663. The average Bonchev–Trinajstić information content (AvgIpc) is 3.45. The van der Waals surface area contributed by atoms with E-state index in [0.29, 0.717) is 29.4 Å². The van der Waals surface area contributed by atoms with Gasteiger partial charge in [-0.25, -0.2) is 4.98 Å². The number of anilines is 3. The van der Waals surface area contributed by atoms with Gasteiger partial charge in [-0.2, -0.15) is 0 Å². The second-order valence-electron chi connectivity index (χ2n) is 8.09. The van der Waals surface area contributed by atoms with Crippen LogP contribution in [0.15, 0.2) is 47.1 Å². The molecule has 3 aliphatic rings. The number of nitrogens with one attached hydrogen (secondary N) is 2. The molecule has 0 bridgehead atoms. The third kappa shape index (κ3) is 4.35. The third-order valence-electron chi connectivity index (χ3n) is 6.02. The molecule has 2 unspecified atom stereocenters. The van der Waals surface area contributed by atoms with E-state index in [1.54, 1.807) is 28.9 Å². The van der Waals surface area contributed by atoms with Crippen molar-refractivity contribution in [2.24, 2.45) is 0 Å². The van der Waals surface area contributed by atoms with E-state index in [-0.39, 0.29) is 22.8 Å². The molecule has 0 radical (unpaired) electrons. The van der Waals surface area contributed by atoms with Crippen LogP contribution in [0.3, 0.4) is 0 Å². The highest BCUT2D eigenvalue weighted by Crippen LogP contribution is 2.34. The molecule has 2 aromatic rings. The number of hydrogen-bond donors (Lipinski definition) is 2. The first-order valence-corrected chi connectivity index (χ1v) is 13.2. The van der Waals surface area contributed by atoms with E-state index in [4.69, 9.17) is 0 Å². The lowest BCUT2D eigenvalue weighted by Gasteiger charge is -2.30. The van der Waals surface area contributed by atoms with Crippen molar-refractivity contribution in [2.75, 3.05) is 54.1 Å². The maximum absolute atomic E-state index is 13.0. The number of pyridine rings is 1. The SMILES string of the molecule is CS(=O)C1C=CC2=C(C1)C(=O)N(c1nc(C(=O)Nc3cnccc3N3CCNCC3)cs1)C2. The van der Waals surface area contributed by atoms with Gasteiger partial charge in [-0.3, -0.25) is 23.7 Å². The Hall–Kier alpha value is -2.89. The van der Waals surface area contributed by atoms with Crippen LogP contribution >= 0.6 is 11.3 Å². The van der Waals surface area contributed by atoms with E-state index in [1.807, 2.05) is 18.2 Å². The van der Waals surface area contributed by atoms with Gasteiger partial charge in [0.25, 0.3) is 11.8 Å². The molecule has 2 N–H and O–H groups in total. The summed E-state index contributed by atoms with van der Waals surface area (Å²) in [4.78, 5) is 38.3. The van der Waals surface area contributed by atoms with Crippen molar-refractivity contribution in [1.29, 1.82) is 0 Å². The van der Waals surface area contributed by atoms with E-state index in [0.717, 1.165) is 37.4 Å². The highest BCUT2D eigenvalue weighted by atomic mass is 32.2. The molecule has 9 nitrogen and oxygen atoms in total. The molecule has 2 atom stereocenters. The summed E-state index contributed by atoms with van der Waals surface area (Å²) in [5.74, 6) is -0.466. The lowest BCUT2D eigenvalue weighted by molar-refractivity contribution is -0.114. The smallest absolute Gasteiger partial charge is 0.275 e. The first-order valence-electron chi connectivity index (χ1n) is 10.7. The Labute approximate surface area is 198 Å². The van der Waals surface area contributed by atoms with Crippen molar-refractivity contribution in [1.82, 2.24) is 15.3 Å². The Morgan fingerprint density at radius 3 is 2.94 bits per heavy atom. The largest absolute Gasteiger partial charge is 0.367 e. The maximum Gasteiger partial charge on any atom is 0.275 e. The van der Waals surface area contributed by atoms with Gasteiger partial charge in [0.15, 0.2) is 5.13 Å². The van der Waals surface area contributed by atoms with Crippen molar-refractivity contribution in [3.05, 3.63) is 52.8 Å². The summed E-state index contributed by atoms with van der Waals surface area (Å²) in [7, 11) is -1.03. The van der Waals surface area contributed by atoms with Crippen molar-refractivity contribution in [3.63, 3.8) is 0 Å². The Kier molecular flexibility index (Phi) is 6.09. The number of thiazole rings is 1. The molecule has 2 amide bonds. The summed E-state index contributed by atoms with van der Waals surface area (Å²) in [6.45, 7) is 3.89. The molecule has 4 heterocycles. The van der Waals surface area contributed by atoms with Gasteiger partial charge in [-0.1, -0.05) is 12.2 Å². The number of rotatable bonds is 5. The molecule has 33 heavy (non-hydrogen) atoms. The van der Waals surface area contributed by atoms with E-state index >= 15 is 0 Å². The van der Waals surface area contributed by atoms with Crippen LogP contribution in [0, 0.1) is 0 Å². The fourth-order valence-electron chi connectivity index (χ4n) is 4.23. The molecule has 0 spiro atoms. The lowest BCUT2D eigenvalue weighted by Crippen LogP contribution is -2.43. The topological polar surface area (TPSA) is 108 Å². The van der Waals surface area contributed by atoms with Gasteiger partial charge >= 0.3 is 0 Å². The predicted molar refractivity (Wildman–Crippen MR) is 130 cm³/mol. The summed E-state index contributed by atoms with van der Waals surface area (Å²) < 4.78 is 11.8. The molecule has 2 aliphatic heterocycles. The first-order chi connectivity index (χ1) is 16.0. The molecule has 1 aliphatic carbocycles. The Morgan fingerprint density at radius 2 is 2.15 bits per heavy atom. The Morgan fingerprint density at radius 1 is 1.33 bits per heavy atom. The van der Waals surface area contributed by atoms with Crippen molar-refractivity contribution in [2.45, 2.75) is 11.7 Å². The highest BCUT2D eigenvalue weighted by Gasteiger charge is 2.35. The van der Waals surface area contributed by atoms with E-state index in [2.05, 4.69) is 25.5 Å². The molecule has 2 aromatic heterocycles. The third-order valence-corrected chi connectivity index (χ3v) is 8.06. The van der Waals surface area contributed by atoms with Gasteiger partial charge in [-0.05, 0) is 18.1 Å². The normalized spacial score (nSPS) is 21.4. The van der Waals surface area contributed by atoms with E-state index in [1.165, 1.54) is 11.3 Å². The number of carbonyl (C=O) groups excluding carboxylic acids is 2. The van der Waals surface area contributed by atoms with Crippen LogP contribution in [0.5, 0.6) is 0 Å². The zero-order valence-corrected chi connectivity index (χ0v) is 19.7. The van der Waals surface area contributed by atoms with Gasteiger partial charge in [0.1, 0.15) is 5.69 Å². The van der Waals surface area contributed by atoms with E-state index < -0.39 is 10.8 Å².